The van der Waals surface area contributed by atoms with E-state index in [0.29, 0.717) is 6.42 Å². The minimum atomic E-state index is -0.443. The second-order valence-corrected chi connectivity index (χ2v) is 5.34. The van der Waals surface area contributed by atoms with Gasteiger partial charge in [-0.15, -0.1) is 0 Å². The summed E-state index contributed by atoms with van der Waals surface area (Å²) in [6.45, 7) is 1.71. The topological polar surface area (TPSA) is 46.6 Å². The maximum absolute atomic E-state index is 12.1. The predicted molar refractivity (Wildman–Crippen MR) is 61.4 cm³/mol. The maximum Gasteiger partial charge on any atom is 0.326 e. The first-order valence-electron chi connectivity index (χ1n) is 6.22. The number of fused-ring (bicyclic) bond motifs is 2. The van der Waals surface area contributed by atoms with Crippen molar-refractivity contribution in [2.45, 2.75) is 31.2 Å². The van der Waals surface area contributed by atoms with Crippen LogP contribution in [0.2, 0.25) is 0 Å². The van der Waals surface area contributed by atoms with Crippen LogP contribution in [0.15, 0.2) is 11.6 Å². The largest absolute Gasteiger partial charge is 0.468 e. The van der Waals surface area contributed by atoms with Gasteiger partial charge in [0.25, 0.3) is 0 Å². The van der Waals surface area contributed by atoms with E-state index in [1.807, 2.05) is 0 Å². The second-order valence-electron chi connectivity index (χ2n) is 5.34. The molecular formula is C13H17NO3. The molecule has 2 atom stereocenters. The fourth-order valence-corrected chi connectivity index (χ4v) is 3.66. The van der Waals surface area contributed by atoms with E-state index in [2.05, 4.69) is 4.90 Å². The van der Waals surface area contributed by atoms with Gasteiger partial charge in [0.2, 0.25) is 0 Å². The van der Waals surface area contributed by atoms with E-state index in [-0.39, 0.29) is 17.7 Å². The Morgan fingerprint density at radius 1 is 1.59 bits per heavy atom. The molecule has 0 unspecified atom stereocenters. The number of hydrogen-bond acceptors (Lipinski definition) is 4. The highest BCUT2D eigenvalue weighted by atomic mass is 16.5. The third-order valence-corrected chi connectivity index (χ3v) is 4.46. The van der Waals surface area contributed by atoms with Gasteiger partial charge in [-0.3, -0.25) is 14.5 Å². The zero-order chi connectivity index (χ0) is 12.0. The molecular weight excluding hydrogens is 218 g/mol. The Morgan fingerprint density at radius 3 is 3.18 bits per heavy atom. The molecule has 0 radical (unpaired) electrons. The minimum absolute atomic E-state index is 0.117. The summed E-state index contributed by atoms with van der Waals surface area (Å²) in [5.41, 5.74) is 0.776. The average Bonchev–Trinajstić information content (AvgIpc) is 2.86. The maximum atomic E-state index is 12.1. The van der Waals surface area contributed by atoms with E-state index in [1.165, 1.54) is 12.7 Å². The van der Waals surface area contributed by atoms with Gasteiger partial charge in [-0.1, -0.05) is 0 Å². The molecule has 1 aliphatic carbocycles. The Morgan fingerprint density at radius 2 is 2.41 bits per heavy atom. The number of nitrogens with zero attached hydrogens (tertiary/aromatic N) is 1. The molecule has 4 nitrogen and oxygen atoms in total. The summed E-state index contributed by atoms with van der Waals surface area (Å²) in [7, 11) is 1.46. The molecule has 0 aromatic heterocycles. The van der Waals surface area contributed by atoms with Crippen molar-refractivity contribution in [2.24, 2.45) is 5.92 Å². The lowest BCUT2D eigenvalue weighted by Gasteiger charge is -2.43. The zero-order valence-corrected chi connectivity index (χ0v) is 10.1. The van der Waals surface area contributed by atoms with Crippen LogP contribution in [-0.2, 0) is 14.3 Å². The van der Waals surface area contributed by atoms with Crippen LogP contribution in [0, 0.1) is 5.92 Å². The summed E-state index contributed by atoms with van der Waals surface area (Å²) in [6.07, 6.45) is 5.05. The fraction of sp³-hybridized carbons (Fsp3) is 0.692. The van der Waals surface area contributed by atoms with Crippen LogP contribution in [0.1, 0.15) is 25.7 Å². The molecule has 0 amide bonds. The molecule has 4 heteroatoms. The number of hydrogen-bond donors (Lipinski definition) is 0. The molecule has 2 saturated heterocycles. The smallest absolute Gasteiger partial charge is 0.326 e. The normalized spacial score (nSPS) is 36.4. The number of piperidine rings is 1. The van der Waals surface area contributed by atoms with Crippen LogP contribution in [0.25, 0.3) is 0 Å². The van der Waals surface area contributed by atoms with Gasteiger partial charge >= 0.3 is 5.97 Å². The highest BCUT2D eigenvalue weighted by Crippen LogP contribution is 2.45. The number of esters is 1. The van der Waals surface area contributed by atoms with E-state index < -0.39 is 5.54 Å². The standard InChI is InChI=1S/C13H17NO3/c1-17-12(16)13-3-2-4-14(13)8-10-6-11(15)5-9(10)7-13/h6,9H,2-5,7-8H2,1H3/t9-,13+/m0/s1. The summed E-state index contributed by atoms with van der Waals surface area (Å²) in [5.74, 6) is 0.371. The Hall–Kier alpha value is -1.16. The molecule has 92 valence electrons. The quantitative estimate of drug-likeness (QED) is 0.634. The lowest BCUT2D eigenvalue weighted by molar-refractivity contribution is -0.155. The van der Waals surface area contributed by atoms with Crippen molar-refractivity contribution in [2.75, 3.05) is 20.2 Å². The molecule has 0 N–H and O–H groups in total. The van der Waals surface area contributed by atoms with Crippen molar-refractivity contribution in [3.63, 3.8) is 0 Å². The molecule has 2 heterocycles. The van der Waals surface area contributed by atoms with Crippen LogP contribution in [0.5, 0.6) is 0 Å². The van der Waals surface area contributed by atoms with Crippen molar-refractivity contribution in [1.29, 1.82) is 0 Å². The molecule has 0 saturated carbocycles. The van der Waals surface area contributed by atoms with Gasteiger partial charge in [-0.05, 0) is 43.4 Å². The van der Waals surface area contributed by atoms with Gasteiger partial charge in [0, 0.05) is 13.0 Å². The highest BCUT2D eigenvalue weighted by Gasteiger charge is 2.53. The lowest BCUT2D eigenvalue weighted by atomic mass is 9.78. The number of rotatable bonds is 1. The molecule has 0 bridgehead atoms. The molecule has 2 fully saturated rings. The number of allylic oxidation sites excluding steroid dienone is 1. The van der Waals surface area contributed by atoms with Crippen LogP contribution >= 0.6 is 0 Å². The molecule has 2 aliphatic heterocycles. The van der Waals surface area contributed by atoms with Gasteiger partial charge in [0.05, 0.1) is 7.11 Å². The van der Waals surface area contributed by atoms with E-state index in [1.54, 1.807) is 6.08 Å². The average molecular weight is 235 g/mol. The minimum Gasteiger partial charge on any atom is -0.468 e. The van der Waals surface area contributed by atoms with E-state index >= 15 is 0 Å². The molecule has 3 aliphatic rings. The Balaban J connectivity index is 1.92. The van der Waals surface area contributed by atoms with Gasteiger partial charge < -0.3 is 4.74 Å². The molecule has 3 rings (SSSR count). The van der Waals surface area contributed by atoms with Gasteiger partial charge in [-0.25, -0.2) is 0 Å². The van der Waals surface area contributed by atoms with Crippen molar-refractivity contribution in [1.82, 2.24) is 4.90 Å². The van der Waals surface area contributed by atoms with Crippen LogP contribution in [0.3, 0.4) is 0 Å². The summed E-state index contributed by atoms with van der Waals surface area (Å²) >= 11 is 0. The first kappa shape index (κ1) is 11.0. The van der Waals surface area contributed by atoms with Gasteiger partial charge in [-0.2, -0.15) is 0 Å². The summed E-state index contributed by atoms with van der Waals surface area (Å²) < 4.78 is 4.98. The Kier molecular flexibility index (Phi) is 2.36. The van der Waals surface area contributed by atoms with Crippen molar-refractivity contribution in [3.05, 3.63) is 11.6 Å². The second kappa shape index (κ2) is 3.67. The number of ketones is 1. The van der Waals surface area contributed by atoms with Crippen LogP contribution in [-0.4, -0.2) is 42.4 Å². The SMILES string of the molecule is COC(=O)[C@]12CCCN1CC1=CC(=O)C[C@H]1C2. The Labute approximate surface area is 101 Å². The van der Waals surface area contributed by atoms with E-state index in [9.17, 15) is 9.59 Å². The van der Waals surface area contributed by atoms with Crippen LogP contribution in [0.4, 0.5) is 0 Å². The number of carbonyl (C=O) groups excluding carboxylic acids is 2. The number of carbonyl (C=O) groups is 2. The van der Waals surface area contributed by atoms with E-state index in [4.69, 9.17) is 4.74 Å². The zero-order valence-electron chi connectivity index (χ0n) is 10.1. The third-order valence-electron chi connectivity index (χ3n) is 4.46. The third kappa shape index (κ3) is 1.47. The summed E-state index contributed by atoms with van der Waals surface area (Å²) in [4.78, 5) is 25.7. The lowest BCUT2D eigenvalue weighted by Crippen LogP contribution is -2.56. The predicted octanol–water partition coefficient (Wildman–Crippen LogP) is 0.913. The van der Waals surface area contributed by atoms with Crippen LogP contribution < -0.4 is 0 Å². The van der Waals surface area contributed by atoms with Gasteiger partial charge in [0.1, 0.15) is 5.54 Å². The van der Waals surface area contributed by atoms with Crippen molar-refractivity contribution >= 4 is 11.8 Å². The van der Waals surface area contributed by atoms with Crippen molar-refractivity contribution < 1.29 is 14.3 Å². The van der Waals surface area contributed by atoms with Crippen molar-refractivity contribution in [3.8, 4) is 0 Å². The molecule has 0 spiro atoms. The first-order valence-corrected chi connectivity index (χ1v) is 6.22. The fourth-order valence-electron chi connectivity index (χ4n) is 3.66. The number of ether oxygens (including phenoxy) is 1. The highest BCUT2D eigenvalue weighted by molar-refractivity contribution is 5.94. The molecule has 17 heavy (non-hydrogen) atoms. The summed E-state index contributed by atoms with van der Waals surface area (Å²) in [5, 5.41) is 0. The molecule has 0 aromatic rings. The number of methoxy groups -OCH3 is 1. The van der Waals surface area contributed by atoms with E-state index in [0.717, 1.165) is 32.4 Å². The first-order chi connectivity index (χ1) is 8.15. The van der Waals surface area contributed by atoms with Gasteiger partial charge in [0.15, 0.2) is 5.78 Å². The molecule has 0 aromatic carbocycles. The summed E-state index contributed by atoms with van der Waals surface area (Å²) in [6, 6.07) is 0. The monoisotopic (exact) mass is 235 g/mol. The Bertz CT molecular complexity index is 415.